The molecule has 1 N–H and O–H groups in total. The number of ether oxygens (including phenoxy) is 3. The predicted molar refractivity (Wildman–Crippen MR) is 170 cm³/mol. The van der Waals surface area contributed by atoms with Crippen molar-refractivity contribution in [2.24, 2.45) is 17.8 Å². The molecule has 0 aromatic carbocycles. The second kappa shape index (κ2) is 21.1. The Labute approximate surface area is 267 Å². The fourth-order valence-corrected chi connectivity index (χ4v) is 6.55. The Morgan fingerprint density at radius 2 is 1.80 bits per heavy atom. The van der Waals surface area contributed by atoms with E-state index in [9.17, 15) is 14.4 Å². The van der Waals surface area contributed by atoms with Gasteiger partial charge in [0.05, 0.1) is 12.2 Å². The molecule has 8 atom stereocenters. The third-order valence-electron chi connectivity index (χ3n) is 8.62. The second-order valence-corrected chi connectivity index (χ2v) is 13.4. The first-order chi connectivity index (χ1) is 21.6. The summed E-state index contributed by atoms with van der Waals surface area (Å²) in [7, 11) is -1.11. The van der Waals surface area contributed by atoms with Crippen LogP contribution in [-0.4, -0.2) is 93.3 Å². The zero-order chi connectivity index (χ0) is 33.2. The molecule has 252 valence electrons. The average Bonchev–Trinajstić information content (AvgIpc) is 3.42. The van der Waals surface area contributed by atoms with E-state index < -0.39 is 8.38 Å². The van der Waals surface area contributed by atoms with Crippen LogP contribution in [-0.2, 0) is 37.6 Å². The van der Waals surface area contributed by atoms with E-state index in [1.807, 2.05) is 6.66 Å². The first-order valence-corrected chi connectivity index (χ1v) is 17.8. The van der Waals surface area contributed by atoms with Crippen molar-refractivity contribution in [3.05, 3.63) is 11.4 Å². The number of rotatable bonds is 20. The van der Waals surface area contributed by atoms with Crippen LogP contribution in [0.3, 0.4) is 0 Å². The van der Waals surface area contributed by atoms with Crippen LogP contribution in [0, 0.1) is 24.3 Å². The predicted octanol–water partition coefficient (Wildman–Crippen LogP) is 5.32. The largest absolute Gasteiger partial charge is 0.463 e. The molecule has 2 amide bonds. The van der Waals surface area contributed by atoms with Crippen LogP contribution in [0.25, 0.3) is 4.85 Å². The van der Waals surface area contributed by atoms with Crippen LogP contribution in [0.5, 0.6) is 0 Å². The van der Waals surface area contributed by atoms with Gasteiger partial charge in [-0.25, -0.2) is 6.57 Å². The quantitative estimate of drug-likeness (QED) is 0.0821. The van der Waals surface area contributed by atoms with Gasteiger partial charge in [0.15, 0.2) is 14.7 Å². The van der Waals surface area contributed by atoms with Gasteiger partial charge in [-0.3, -0.25) is 14.4 Å². The number of nitrogens with one attached hydrogen (secondary N) is 1. The van der Waals surface area contributed by atoms with Crippen molar-refractivity contribution >= 4 is 26.2 Å². The molecular weight excluding hydrogens is 585 g/mol. The van der Waals surface area contributed by atoms with Crippen LogP contribution >= 0.6 is 8.38 Å². The second-order valence-electron chi connectivity index (χ2n) is 12.1. The summed E-state index contributed by atoms with van der Waals surface area (Å²) >= 11 is 0. The van der Waals surface area contributed by atoms with Crippen molar-refractivity contribution < 1.29 is 39.0 Å². The lowest BCUT2D eigenvalue weighted by atomic mass is 9.79. The highest BCUT2D eigenvalue weighted by atomic mass is 31.2. The Bertz CT molecular complexity index is 941. The van der Waals surface area contributed by atoms with Gasteiger partial charge in [0.2, 0.25) is 18.4 Å². The van der Waals surface area contributed by atoms with Gasteiger partial charge in [0, 0.05) is 59.5 Å². The fraction of sp³-hybridized carbons (Fsp3) is 0.875. The summed E-state index contributed by atoms with van der Waals surface area (Å²) < 4.78 is 36.7. The lowest BCUT2D eigenvalue weighted by Gasteiger charge is -2.43. The van der Waals surface area contributed by atoms with Crippen molar-refractivity contribution in [1.82, 2.24) is 10.2 Å². The van der Waals surface area contributed by atoms with E-state index in [0.717, 1.165) is 38.5 Å². The smallest absolute Gasteiger partial charge is 0.302 e. The topological polar surface area (TPSA) is 117 Å². The first kappa shape index (κ1) is 36.6. The minimum Gasteiger partial charge on any atom is -0.463 e. The molecule has 0 radical (unpaired) electrons. The van der Waals surface area contributed by atoms with Gasteiger partial charge < -0.3 is 38.3 Å². The molecule has 2 fully saturated rings. The van der Waals surface area contributed by atoms with Crippen molar-refractivity contribution in [2.45, 2.75) is 117 Å². The number of amides is 2. The average molecular weight is 643 g/mol. The van der Waals surface area contributed by atoms with Gasteiger partial charge in [-0.15, -0.1) is 0 Å². The summed E-state index contributed by atoms with van der Waals surface area (Å²) in [5.41, 5.74) is 0. The van der Waals surface area contributed by atoms with E-state index in [2.05, 4.69) is 30.9 Å². The maximum Gasteiger partial charge on any atom is 0.302 e. The summed E-state index contributed by atoms with van der Waals surface area (Å²) in [6.07, 6.45) is 5.83. The van der Waals surface area contributed by atoms with Crippen LogP contribution in [0.2, 0.25) is 0 Å². The lowest BCUT2D eigenvalue weighted by Crippen LogP contribution is -2.47. The summed E-state index contributed by atoms with van der Waals surface area (Å²) in [5.74, 6) is 0.675. The first-order valence-electron chi connectivity index (χ1n) is 16.9. The Hall–Kier alpha value is -1.83. The molecular formula is C32H56N3O8P. The van der Waals surface area contributed by atoms with E-state index in [1.54, 1.807) is 4.90 Å². The van der Waals surface area contributed by atoms with Crippen LogP contribution in [0.15, 0.2) is 0 Å². The molecule has 12 heteroatoms. The van der Waals surface area contributed by atoms with Gasteiger partial charge in [0.25, 0.3) is 0 Å². The summed E-state index contributed by atoms with van der Waals surface area (Å²) in [4.78, 5) is 41.3. The van der Waals surface area contributed by atoms with E-state index in [-0.39, 0.29) is 67.7 Å². The van der Waals surface area contributed by atoms with Crippen LogP contribution < -0.4 is 5.32 Å². The normalized spacial score (nSPS) is 27.8. The van der Waals surface area contributed by atoms with Gasteiger partial charge in [-0.2, -0.15) is 0 Å². The van der Waals surface area contributed by atoms with E-state index in [0.29, 0.717) is 58.0 Å². The van der Waals surface area contributed by atoms with Gasteiger partial charge in [-0.05, 0) is 50.8 Å². The molecule has 0 spiro atoms. The van der Waals surface area contributed by atoms with Crippen molar-refractivity contribution in [3.63, 3.8) is 0 Å². The molecule has 2 saturated heterocycles. The molecule has 2 aliphatic rings. The molecule has 2 rings (SSSR count). The molecule has 0 bridgehead atoms. The summed E-state index contributed by atoms with van der Waals surface area (Å²) in [5, 5.41) is 2.98. The third kappa shape index (κ3) is 14.1. The van der Waals surface area contributed by atoms with Gasteiger partial charge >= 0.3 is 5.97 Å². The van der Waals surface area contributed by atoms with Crippen molar-refractivity contribution in [3.8, 4) is 0 Å². The monoisotopic (exact) mass is 642 g/mol. The highest BCUT2D eigenvalue weighted by molar-refractivity contribution is 7.46. The van der Waals surface area contributed by atoms with Crippen molar-refractivity contribution in [1.29, 1.82) is 0 Å². The fourth-order valence-electron chi connectivity index (χ4n) is 5.58. The van der Waals surface area contributed by atoms with Crippen LogP contribution in [0.1, 0.15) is 93.8 Å². The van der Waals surface area contributed by atoms with Crippen molar-refractivity contribution in [2.75, 3.05) is 46.1 Å². The summed E-state index contributed by atoms with van der Waals surface area (Å²) in [6, 6.07) is -0.136. The lowest BCUT2D eigenvalue weighted by molar-refractivity contribution is -0.255. The minimum atomic E-state index is -1.11. The molecule has 0 aromatic heterocycles. The molecule has 0 aliphatic carbocycles. The zero-order valence-electron chi connectivity index (χ0n) is 28.5. The molecule has 2 heterocycles. The van der Waals surface area contributed by atoms with Gasteiger partial charge in [-0.1, -0.05) is 33.6 Å². The third-order valence-corrected chi connectivity index (χ3v) is 9.77. The number of hydrogen-bond acceptors (Lipinski definition) is 8. The van der Waals surface area contributed by atoms with E-state index in [1.165, 1.54) is 6.92 Å². The number of unbranched alkanes of at least 4 members (excludes halogenated alkanes) is 4. The Balaban J connectivity index is 1.51. The molecule has 0 aromatic rings. The highest BCUT2D eigenvalue weighted by Crippen LogP contribution is 2.38. The number of carbonyl (C=O) groups excluding carboxylic acids is 3. The Morgan fingerprint density at radius 1 is 1.05 bits per heavy atom. The standard InChI is InChI=1S/C32H56N3O8P/c1-23-20-28(43-44(7)41-19-17-33-6)21-35(23)31(38)15-11-8-12-16-34-30(37)14-10-9-13-18-39-32-26(4)24(2)25(3)29(42-32)22-40-27(5)36/h23-26,28-29,32H,8-22H2,1-5,7H3,(H,34,37)/t23-,24+,25-,26?,28-,29?,32-,44?/m1/s1/i1D. The number of nitrogens with zero attached hydrogens (tertiary/aromatic N) is 2. The molecule has 2 aliphatic heterocycles. The molecule has 3 unspecified atom stereocenters. The Morgan fingerprint density at radius 3 is 2.52 bits per heavy atom. The minimum absolute atomic E-state index is 0.0442. The number of carbonyl (C=O) groups is 3. The maximum atomic E-state index is 12.8. The van der Waals surface area contributed by atoms with Gasteiger partial charge in [0.1, 0.15) is 13.2 Å². The maximum absolute atomic E-state index is 12.8. The molecule has 11 nitrogen and oxygen atoms in total. The van der Waals surface area contributed by atoms with Crippen LogP contribution in [0.4, 0.5) is 0 Å². The Kier molecular flexibility index (Phi) is 17.5. The SMILES string of the molecule is [2H]C[C@@H]1C[C@@H](OP(C)OCC[N+]#[C-])CN1C(=O)CCCCCNC(=O)CCCCCO[C@@H]1OC(COC(C)=O)[C@H](C)[C@H](C)C1C. The number of esters is 1. The molecule has 44 heavy (non-hydrogen) atoms. The zero-order valence-corrected chi connectivity index (χ0v) is 28.4. The number of hydrogen-bond donors (Lipinski definition) is 1. The van der Waals surface area contributed by atoms with E-state index in [4.69, 9.17) is 31.2 Å². The number of likely N-dealkylation sites (tertiary alicyclic amines) is 1. The van der Waals surface area contributed by atoms with E-state index >= 15 is 0 Å². The molecule has 0 saturated carbocycles. The summed E-state index contributed by atoms with van der Waals surface area (Å²) in [6.45, 7) is 19.2. The highest BCUT2D eigenvalue weighted by Gasteiger charge is 2.40.